The Morgan fingerprint density at radius 2 is 1.67 bits per heavy atom. The summed E-state index contributed by atoms with van der Waals surface area (Å²) in [6.45, 7) is 0. The summed E-state index contributed by atoms with van der Waals surface area (Å²) in [5, 5.41) is 9.39. The summed E-state index contributed by atoms with van der Waals surface area (Å²) in [7, 11) is 0. The van der Waals surface area contributed by atoms with Crippen molar-refractivity contribution in [1.82, 2.24) is 0 Å². The van der Waals surface area contributed by atoms with Gasteiger partial charge in [0.2, 0.25) is 0 Å². The fourth-order valence-electron chi connectivity index (χ4n) is 2.94. The van der Waals surface area contributed by atoms with E-state index in [1.807, 2.05) is 0 Å². The van der Waals surface area contributed by atoms with E-state index in [0.29, 0.717) is 5.92 Å². The predicted octanol–water partition coefficient (Wildman–Crippen LogP) is 3.97. The monoisotopic (exact) mass is 250 g/mol. The Morgan fingerprint density at radius 3 is 2.33 bits per heavy atom. The van der Waals surface area contributed by atoms with E-state index in [2.05, 4.69) is 11.8 Å². The van der Waals surface area contributed by atoms with Crippen LogP contribution in [0.3, 0.4) is 0 Å². The lowest BCUT2D eigenvalue weighted by Gasteiger charge is -2.23. The highest BCUT2D eigenvalue weighted by atomic mass is 19.1. The second kappa shape index (κ2) is 6.95. The van der Waals surface area contributed by atoms with Gasteiger partial charge in [0, 0.05) is 17.9 Å². The molecule has 0 aliphatic heterocycles. The largest absolute Gasteiger partial charge is 0.393 e. The third-order valence-corrected chi connectivity index (χ3v) is 4.19. The quantitative estimate of drug-likeness (QED) is 0.698. The zero-order valence-corrected chi connectivity index (χ0v) is 11.0. The SMILES string of the molecule is OC1CCC(/C(F)=C/C#CC2CCCCC2)CC1. The lowest BCUT2D eigenvalue weighted by Crippen LogP contribution is -2.18. The van der Waals surface area contributed by atoms with Crippen LogP contribution in [0.15, 0.2) is 11.9 Å². The van der Waals surface area contributed by atoms with Gasteiger partial charge in [-0.3, -0.25) is 0 Å². The molecule has 2 aliphatic rings. The molecule has 1 N–H and O–H groups in total. The van der Waals surface area contributed by atoms with Crippen LogP contribution in [0, 0.1) is 23.7 Å². The topological polar surface area (TPSA) is 20.2 Å². The Kier molecular flexibility index (Phi) is 5.26. The molecule has 0 atom stereocenters. The van der Waals surface area contributed by atoms with E-state index >= 15 is 0 Å². The van der Waals surface area contributed by atoms with Crippen molar-refractivity contribution in [3.63, 3.8) is 0 Å². The minimum atomic E-state index is -0.220. The summed E-state index contributed by atoms with van der Waals surface area (Å²) in [5.74, 6) is 6.50. The molecule has 2 rings (SSSR count). The molecule has 2 fully saturated rings. The number of aliphatic hydroxyl groups is 1. The zero-order valence-electron chi connectivity index (χ0n) is 11.0. The maximum absolute atomic E-state index is 13.8. The third-order valence-electron chi connectivity index (χ3n) is 4.19. The van der Waals surface area contributed by atoms with Gasteiger partial charge in [0.1, 0.15) is 5.83 Å². The van der Waals surface area contributed by atoms with Gasteiger partial charge in [-0.25, -0.2) is 4.39 Å². The standard InChI is InChI=1S/C16H23FO/c17-16(14-9-11-15(18)12-10-14)8-4-7-13-5-2-1-3-6-13/h8,13-15,18H,1-3,5-6,9-12H2/b16-8-. The van der Waals surface area contributed by atoms with Crippen molar-refractivity contribution >= 4 is 0 Å². The third kappa shape index (κ3) is 4.14. The van der Waals surface area contributed by atoms with Crippen LogP contribution >= 0.6 is 0 Å². The Balaban J connectivity index is 1.82. The number of rotatable bonds is 1. The molecule has 0 bridgehead atoms. The van der Waals surface area contributed by atoms with Crippen LogP contribution in [0.5, 0.6) is 0 Å². The summed E-state index contributed by atoms with van der Waals surface area (Å²) in [6, 6.07) is 0. The van der Waals surface area contributed by atoms with Crippen molar-refractivity contribution in [2.24, 2.45) is 11.8 Å². The number of hydrogen-bond donors (Lipinski definition) is 1. The van der Waals surface area contributed by atoms with Crippen LogP contribution in [0.4, 0.5) is 4.39 Å². The van der Waals surface area contributed by atoms with Crippen molar-refractivity contribution in [1.29, 1.82) is 0 Å². The van der Waals surface area contributed by atoms with Gasteiger partial charge in [0.05, 0.1) is 6.10 Å². The minimum Gasteiger partial charge on any atom is -0.393 e. The molecule has 0 aromatic heterocycles. The molecule has 18 heavy (non-hydrogen) atoms. The first kappa shape index (κ1) is 13.6. The molecule has 0 aromatic carbocycles. The van der Waals surface area contributed by atoms with Gasteiger partial charge in [0.25, 0.3) is 0 Å². The van der Waals surface area contributed by atoms with Crippen LogP contribution in [0.2, 0.25) is 0 Å². The second-order valence-corrected chi connectivity index (χ2v) is 5.66. The molecule has 2 aliphatic carbocycles. The van der Waals surface area contributed by atoms with Gasteiger partial charge in [-0.1, -0.05) is 31.1 Å². The average molecular weight is 250 g/mol. The number of halogens is 1. The van der Waals surface area contributed by atoms with Crippen molar-refractivity contribution < 1.29 is 9.50 Å². The summed E-state index contributed by atoms with van der Waals surface area (Å²) in [5.41, 5.74) is 0. The van der Waals surface area contributed by atoms with Crippen molar-refractivity contribution in [3.05, 3.63) is 11.9 Å². The van der Waals surface area contributed by atoms with E-state index in [4.69, 9.17) is 0 Å². The highest BCUT2D eigenvalue weighted by Gasteiger charge is 2.22. The smallest absolute Gasteiger partial charge is 0.111 e. The maximum atomic E-state index is 13.8. The van der Waals surface area contributed by atoms with E-state index in [1.165, 1.54) is 38.2 Å². The number of aliphatic hydroxyl groups excluding tert-OH is 1. The van der Waals surface area contributed by atoms with Crippen LogP contribution in [-0.4, -0.2) is 11.2 Å². The molecule has 0 heterocycles. The molecule has 2 heteroatoms. The Bertz CT molecular complexity index is 336. The predicted molar refractivity (Wildman–Crippen MR) is 71.5 cm³/mol. The fourth-order valence-corrected chi connectivity index (χ4v) is 2.94. The average Bonchev–Trinajstić information content (AvgIpc) is 2.40. The number of hydrogen-bond acceptors (Lipinski definition) is 1. The Labute approximate surface area is 109 Å². The zero-order chi connectivity index (χ0) is 12.8. The lowest BCUT2D eigenvalue weighted by atomic mass is 9.86. The van der Waals surface area contributed by atoms with E-state index in [0.717, 1.165) is 25.7 Å². The normalized spacial score (nSPS) is 30.7. The van der Waals surface area contributed by atoms with E-state index < -0.39 is 0 Å². The van der Waals surface area contributed by atoms with Crippen molar-refractivity contribution in [2.75, 3.05) is 0 Å². The lowest BCUT2D eigenvalue weighted by molar-refractivity contribution is 0.111. The molecular weight excluding hydrogens is 227 g/mol. The molecule has 0 spiro atoms. The van der Waals surface area contributed by atoms with Gasteiger partial charge in [-0.2, -0.15) is 0 Å². The van der Waals surface area contributed by atoms with Gasteiger partial charge in [0.15, 0.2) is 0 Å². The first-order valence-electron chi connectivity index (χ1n) is 7.30. The van der Waals surface area contributed by atoms with Gasteiger partial charge in [-0.15, -0.1) is 0 Å². The highest BCUT2D eigenvalue weighted by Crippen LogP contribution is 2.30. The van der Waals surface area contributed by atoms with Gasteiger partial charge in [-0.05, 0) is 38.5 Å². The van der Waals surface area contributed by atoms with Crippen molar-refractivity contribution in [3.8, 4) is 11.8 Å². The van der Waals surface area contributed by atoms with E-state index in [1.54, 1.807) is 0 Å². The van der Waals surface area contributed by atoms with Crippen LogP contribution < -0.4 is 0 Å². The Morgan fingerprint density at radius 1 is 1.00 bits per heavy atom. The molecular formula is C16H23FO. The molecule has 0 saturated heterocycles. The van der Waals surface area contributed by atoms with E-state index in [-0.39, 0.29) is 17.8 Å². The summed E-state index contributed by atoms with van der Waals surface area (Å²) in [6.07, 6.45) is 10.4. The first-order valence-corrected chi connectivity index (χ1v) is 7.30. The molecule has 0 aromatic rings. The fraction of sp³-hybridized carbons (Fsp3) is 0.750. The second-order valence-electron chi connectivity index (χ2n) is 5.66. The summed E-state index contributed by atoms with van der Waals surface area (Å²) in [4.78, 5) is 0. The maximum Gasteiger partial charge on any atom is 0.111 e. The molecule has 0 radical (unpaired) electrons. The Hall–Kier alpha value is -0.810. The van der Waals surface area contributed by atoms with Gasteiger partial charge >= 0.3 is 0 Å². The van der Waals surface area contributed by atoms with Crippen molar-refractivity contribution in [2.45, 2.75) is 63.9 Å². The van der Waals surface area contributed by atoms with Crippen LogP contribution in [-0.2, 0) is 0 Å². The summed E-state index contributed by atoms with van der Waals surface area (Å²) >= 11 is 0. The number of allylic oxidation sites excluding steroid dienone is 2. The highest BCUT2D eigenvalue weighted by molar-refractivity contribution is 5.21. The molecule has 0 unspecified atom stereocenters. The van der Waals surface area contributed by atoms with Crippen LogP contribution in [0.25, 0.3) is 0 Å². The van der Waals surface area contributed by atoms with E-state index in [9.17, 15) is 9.50 Å². The molecule has 1 nitrogen and oxygen atoms in total. The van der Waals surface area contributed by atoms with Crippen LogP contribution in [0.1, 0.15) is 57.8 Å². The summed E-state index contributed by atoms with van der Waals surface area (Å²) < 4.78 is 13.8. The first-order chi connectivity index (χ1) is 8.75. The minimum absolute atomic E-state index is 0.00550. The van der Waals surface area contributed by atoms with Gasteiger partial charge < -0.3 is 5.11 Å². The molecule has 0 amide bonds. The molecule has 2 saturated carbocycles. The molecule has 100 valence electrons.